The number of sulfonamides is 1. The predicted molar refractivity (Wildman–Crippen MR) is 236 cm³/mol. The zero-order valence-electron chi connectivity index (χ0n) is 36.0. The van der Waals surface area contributed by atoms with Crippen molar-refractivity contribution >= 4 is 15.9 Å². The molecule has 2 heterocycles. The van der Waals surface area contributed by atoms with Gasteiger partial charge >= 0.3 is 0 Å². The summed E-state index contributed by atoms with van der Waals surface area (Å²) in [6, 6.07) is 45.9. The van der Waals surface area contributed by atoms with E-state index in [1.807, 2.05) is 149 Å². The van der Waals surface area contributed by atoms with Gasteiger partial charge in [0.15, 0.2) is 11.9 Å². The molecule has 2 aliphatic rings. The maximum atomic E-state index is 15.3. The maximum absolute atomic E-state index is 15.3. The van der Waals surface area contributed by atoms with E-state index in [1.165, 1.54) is 4.31 Å². The highest BCUT2D eigenvalue weighted by molar-refractivity contribution is 7.89. The van der Waals surface area contributed by atoms with Crippen molar-refractivity contribution in [1.29, 1.82) is 0 Å². The SMILES string of the molecule is Cc1ccc(S(=O)(=O)N2CCN(C(=O)C(OCc3ccccc3)C(OCc3ccccc3)C(OCc3ccccc3)[C@]3(COCc4ccccc4)OC(C)(C)O[C@@H]3C)CC2)cc1. The van der Waals surface area contributed by atoms with Gasteiger partial charge in [-0.15, -0.1) is 0 Å². The summed E-state index contributed by atoms with van der Waals surface area (Å²) in [4.78, 5) is 17.2. The standard InChI is InChI=1S/C50H58N2O9S/c1-38-25-27-44(28-26-38)62(54,55)52-31-29-51(30-32-52)48(53)46(58-35-42-21-13-7-14-22-42)45(57-34-41-19-11-6-12-20-41)47(59-36-43-23-15-8-16-24-43)50(39(2)60-49(3,4)61-50)37-56-33-40-17-9-5-10-18-40/h5-28,39,45-47H,29-37H2,1-4H3/t39-,45?,46?,47?,50-/m1/s1. The van der Waals surface area contributed by atoms with E-state index in [4.69, 9.17) is 28.4 Å². The molecule has 0 aliphatic carbocycles. The number of nitrogens with zero attached hydrogens (tertiary/aromatic N) is 2. The number of hydrogen-bond acceptors (Lipinski definition) is 9. The molecular formula is C50H58N2O9S. The van der Waals surface area contributed by atoms with Crippen molar-refractivity contribution in [3.63, 3.8) is 0 Å². The molecular weight excluding hydrogens is 805 g/mol. The van der Waals surface area contributed by atoms with Crippen molar-refractivity contribution in [1.82, 2.24) is 9.21 Å². The molecule has 5 aromatic carbocycles. The van der Waals surface area contributed by atoms with Gasteiger partial charge in [0.2, 0.25) is 10.0 Å². The van der Waals surface area contributed by atoms with E-state index in [9.17, 15) is 8.42 Å². The third kappa shape index (κ3) is 11.2. The Bertz CT molecular complexity index is 2260. The summed E-state index contributed by atoms with van der Waals surface area (Å²) < 4.78 is 69.9. The molecule has 3 unspecified atom stereocenters. The fraction of sp³-hybridized carbons (Fsp3) is 0.380. The summed E-state index contributed by atoms with van der Waals surface area (Å²) in [5.41, 5.74) is 3.28. The molecule has 0 spiro atoms. The van der Waals surface area contributed by atoms with Crippen LogP contribution in [0, 0.1) is 6.92 Å². The van der Waals surface area contributed by atoms with E-state index in [-0.39, 0.29) is 63.4 Å². The lowest BCUT2D eigenvalue weighted by atomic mass is 9.85. The second-order valence-corrected chi connectivity index (χ2v) is 18.4. The summed E-state index contributed by atoms with van der Waals surface area (Å²) in [7, 11) is -3.79. The van der Waals surface area contributed by atoms with E-state index >= 15 is 4.79 Å². The third-order valence-corrected chi connectivity index (χ3v) is 13.3. The third-order valence-electron chi connectivity index (χ3n) is 11.4. The molecule has 2 fully saturated rings. The van der Waals surface area contributed by atoms with Gasteiger partial charge in [-0.1, -0.05) is 139 Å². The van der Waals surface area contributed by atoms with Crippen molar-refractivity contribution in [2.45, 2.75) is 94.8 Å². The molecule has 0 saturated carbocycles. The van der Waals surface area contributed by atoms with Gasteiger partial charge in [-0.05, 0) is 62.1 Å². The molecule has 1 amide bonds. The average Bonchev–Trinajstić information content (AvgIpc) is 3.53. The minimum atomic E-state index is -3.79. The topological polar surface area (TPSA) is 113 Å². The second kappa shape index (κ2) is 20.6. The van der Waals surface area contributed by atoms with Crippen molar-refractivity contribution in [3.05, 3.63) is 173 Å². The number of amides is 1. The minimum absolute atomic E-state index is 0.0340. The summed E-state index contributed by atoms with van der Waals surface area (Å²) in [6.45, 7) is 8.76. The van der Waals surface area contributed by atoms with Crippen LogP contribution in [0.2, 0.25) is 0 Å². The van der Waals surface area contributed by atoms with Crippen molar-refractivity contribution in [3.8, 4) is 0 Å². The largest absolute Gasteiger partial charge is 0.374 e. The number of ether oxygens (including phenoxy) is 6. The Morgan fingerprint density at radius 2 is 1.13 bits per heavy atom. The van der Waals surface area contributed by atoms with Gasteiger partial charge in [0.05, 0.1) is 44.0 Å². The van der Waals surface area contributed by atoms with Crippen molar-refractivity contribution in [2.75, 3.05) is 32.8 Å². The molecule has 5 atom stereocenters. The van der Waals surface area contributed by atoms with Crippen LogP contribution in [0.3, 0.4) is 0 Å². The monoisotopic (exact) mass is 862 g/mol. The lowest BCUT2D eigenvalue weighted by Crippen LogP contribution is -2.64. The number of carbonyl (C=O) groups is 1. The fourth-order valence-electron chi connectivity index (χ4n) is 8.14. The first-order valence-electron chi connectivity index (χ1n) is 21.3. The average molecular weight is 863 g/mol. The van der Waals surface area contributed by atoms with Gasteiger partial charge in [-0.3, -0.25) is 4.79 Å². The minimum Gasteiger partial charge on any atom is -0.374 e. The smallest absolute Gasteiger partial charge is 0.254 e. The first kappa shape index (κ1) is 45.3. The molecule has 0 radical (unpaired) electrons. The van der Waals surface area contributed by atoms with Crippen LogP contribution in [0.1, 0.15) is 48.6 Å². The Kier molecular flexibility index (Phi) is 15.1. The fourth-order valence-corrected chi connectivity index (χ4v) is 9.56. The van der Waals surface area contributed by atoms with Crippen LogP contribution in [0.4, 0.5) is 0 Å². The number of benzene rings is 5. The summed E-state index contributed by atoms with van der Waals surface area (Å²) in [5.74, 6) is -1.41. The Balaban J connectivity index is 1.28. The molecule has 0 N–H and O–H groups in total. The lowest BCUT2D eigenvalue weighted by molar-refractivity contribution is -0.250. The number of hydrogen-bond donors (Lipinski definition) is 0. The quantitative estimate of drug-likeness (QED) is 0.0825. The molecule has 12 heteroatoms. The molecule has 62 heavy (non-hydrogen) atoms. The van der Waals surface area contributed by atoms with Crippen molar-refractivity contribution in [2.24, 2.45) is 0 Å². The zero-order chi connectivity index (χ0) is 43.6. The predicted octanol–water partition coefficient (Wildman–Crippen LogP) is 7.71. The van der Waals surface area contributed by atoms with Gasteiger partial charge in [-0.25, -0.2) is 8.42 Å². The van der Waals surface area contributed by atoms with E-state index in [0.29, 0.717) is 6.61 Å². The van der Waals surface area contributed by atoms with Crippen molar-refractivity contribution < 1.29 is 41.6 Å². The van der Waals surface area contributed by atoms with Crippen LogP contribution >= 0.6 is 0 Å². The van der Waals surface area contributed by atoms with Crippen LogP contribution in [0.15, 0.2) is 150 Å². The number of aryl methyl sites for hydroxylation is 1. The van der Waals surface area contributed by atoms with Crippen LogP contribution in [0.5, 0.6) is 0 Å². The van der Waals surface area contributed by atoms with E-state index in [1.54, 1.807) is 29.2 Å². The van der Waals surface area contributed by atoms with Crippen LogP contribution in [0.25, 0.3) is 0 Å². The summed E-state index contributed by atoms with van der Waals surface area (Å²) in [6.07, 6.45) is -3.95. The number of carbonyl (C=O) groups excluding carboxylic acids is 1. The molecule has 5 aromatic rings. The number of piperazine rings is 1. The normalized spacial score (nSPS) is 20.7. The molecule has 11 nitrogen and oxygen atoms in total. The van der Waals surface area contributed by atoms with E-state index < -0.39 is 45.8 Å². The van der Waals surface area contributed by atoms with Crippen LogP contribution in [-0.4, -0.2) is 92.1 Å². The zero-order valence-corrected chi connectivity index (χ0v) is 36.8. The van der Waals surface area contributed by atoms with Gasteiger partial charge in [-0.2, -0.15) is 4.31 Å². The maximum Gasteiger partial charge on any atom is 0.254 e. The molecule has 7 rings (SSSR count). The van der Waals surface area contributed by atoms with Gasteiger partial charge in [0, 0.05) is 26.2 Å². The van der Waals surface area contributed by atoms with Crippen LogP contribution < -0.4 is 0 Å². The molecule has 328 valence electrons. The Morgan fingerprint density at radius 1 is 0.661 bits per heavy atom. The van der Waals surface area contributed by atoms with E-state index in [2.05, 4.69) is 0 Å². The first-order chi connectivity index (χ1) is 29.9. The molecule has 0 aromatic heterocycles. The van der Waals surface area contributed by atoms with E-state index in [0.717, 1.165) is 27.8 Å². The lowest BCUT2D eigenvalue weighted by Gasteiger charge is -2.45. The Morgan fingerprint density at radius 3 is 1.61 bits per heavy atom. The molecule has 0 bridgehead atoms. The highest BCUT2D eigenvalue weighted by Crippen LogP contribution is 2.43. The Hall–Kier alpha value is -4.76. The van der Waals surface area contributed by atoms with Crippen LogP contribution in [-0.2, 0) is 69.7 Å². The highest BCUT2D eigenvalue weighted by atomic mass is 32.2. The van der Waals surface area contributed by atoms with Gasteiger partial charge in [0.1, 0.15) is 17.8 Å². The summed E-state index contributed by atoms with van der Waals surface area (Å²) in [5, 5.41) is 0. The Labute approximate surface area is 366 Å². The van der Waals surface area contributed by atoms with Gasteiger partial charge < -0.3 is 33.3 Å². The first-order valence-corrected chi connectivity index (χ1v) is 22.7. The van der Waals surface area contributed by atoms with Gasteiger partial charge in [0.25, 0.3) is 5.91 Å². The highest BCUT2D eigenvalue weighted by Gasteiger charge is 2.61. The summed E-state index contributed by atoms with van der Waals surface area (Å²) >= 11 is 0. The molecule has 2 aliphatic heterocycles. The molecule has 2 saturated heterocycles. The number of rotatable bonds is 19. The second-order valence-electron chi connectivity index (χ2n) is 16.4.